The molecule has 0 aromatic carbocycles. The summed E-state index contributed by atoms with van der Waals surface area (Å²) in [5.74, 6) is -0.689. The van der Waals surface area contributed by atoms with E-state index < -0.39 is 11.4 Å². The van der Waals surface area contributed by atoms with Crippen LogP contribution in [-0.4, -0.2) is 24.0 Å². The zero-order chi connectivity index (χ0) is 12.3. The molecule has 0 atom stereocenters. The molecule has 0 saturated heterocycles. The number of aromatic nitrogens is 1. The Morgan fingerprint density at radius 2 is 2.06 bits per heavy atom. The molecule has 0 bridgehead atoms. The van der Waals surface area contributed by atoms with Crippen LogP contribution in [0, 0.1) is 5.41 Å². The third kappa shape index (κ3) is 2.27. The summed E-state index contributed by atoms with van der Waals surface area (Å²) in [6.07, 6.45) is 4.47. The van der Waals surface area contributed by atoms with Gasteiger partial charge in [-0.1, -0.05) is 0 Å². The van der Waals surface area contributed by atoms with Crippen LogP contribution in [0.3, 0.4) is 0 Å². The second-order valence-electron chi connectivity index (χ2n) is 4.11. The number of hydrogen-bond acceptors (Lipinski definition) is 4. The molecule has 17 heavy (non-hydrogen) atoms. The highest BCUT2D eigenvalue weighted by atomic mass is 16.5. The molecule has 0 spiro atoms. The predicted molar refractivity (Wildman–Crippen MR) is 59.8 cm³/mol. The fourth-order valence-electron chi connectivity index (χ4n) is 1.70. The van der Waals surface area contributed by atoms with Gasteiger partial charge in [-0.2, -0.15) is 0 Å². The van der Waals surface area contributed by atoms with E-state index in [2.05, 4.69) is 15.0 Å². The zero-order valence-corrected chi connectivity index (χ0v) is 9.60. The van der Waals surface area contributed by atoms with Crippen LogP contribution in [0.25, 0.3) is 0 Å². The molecule has 5 heteroatoms. The van der Waals surface area contributed by atoms with Gasteiger partial charge in [-0.05, 0) is 30.5 Å². The molecular formula is C12H14N2O3. The Kier molecular flexibility index (Phi) is 3.08. The minimum atomic E-state index is -0.929. The average molecular weight is 234 g/mol. The van der Waals surface area contributed by atoms with Crippen LogP contribution < -0.4 is 5.32 Å². The van der Waals surface area contributed by atoms with Gasteiger partial charge in [-0.15, -0.1) is 0 Å². The van der Waals surface area contributed by atoms with E-state index in [0.29, 0.717) is 19.4 Å². The van der Waals surface area contributed by atoms with E-state index in [9.17, 15) is 9.59 Å². The molecule has 0 unspecified atom stereocenters. The van der Waals surface area contributed by atoms with Crippen molar-refractivity contribution in [2.24, 2.45) is 5.41 Å². The Morgan fingerprint density at radius 3 is 2.59 bits per heavy atom. The lowest BCUT2D eigenvalue weighted by atomic mass is 10.1. The molecular weight excluding hydrogens is 220 g/mol. The molecule has 1 N–H and O–H groups in total. The van der Waals surface area contributed by atoms with Crippen molar-refractivity contribution >= 4 is 11.9 Å². The van der Waals surface area contributed by atoms with Gasteiger partial charge < -0.3 is 10.1 Å². The summed E-state index contributed by atoms with van der Waals surface area (Å²) in [4.78, 5) is 27.2. The van der Waals surface area contributed by atoms with Crippen molar-refractivity contribution in [3.05, 3.63) is 30.1 Å². The van der Waals surface area contributed by atoms with Gasteiger partial charge in [0.25, 0.3) is 0 Å². The summed E-state index contributed by atoms with van der Waals surface area (Å²) in [6, 6.07) is 3.63. The smallest absolute Gasteiger partial charge is 0.321 e. The number of nitrogens with one attached hydrogen (secondary N) is 1. The molecule has 0 radical (unpaired) electrons. The summed E-state index contributed by atoms with van der Waals surface area (Å²) < 4.78 is 4.64. The Hall–Kier alpha value is -1.91. The van der Waals surface area contributed by atoms with Gasteiger partial charge >= 0.3 is 5.97 Å². The first kappa shape index (κ1) is 11.6. The third-order valence-corrected chi connectivity index (χ3v) is 2.96. The van der Waals surface area contributed by atoms with E-state index in [-0.39, 0.29) is 5.91 Å². The number of esters is 1. The fourth-order valence-corrected chi connectivity index (χ4v) is 1.70. The van der Waals surface area contributed by atoms with Crippen molar-refractivity contribution in [2.45, 2.75) is 19.4 Å². The van der Waals surface area contributed by atoms with Gasteiger partial charge in [0.1, 0.15) is 5.41 Å². The van der Waals surface area contributed by atoms with Gasteiger partial charge in [0.2, 0.25) is 5.91 Å². The van der Waals surface area contributed by atoms with Crippen LogP contribution in [0.2, 0.25) is 0 Å². The van der Waals surface area contributed by atoms with Gasteiger partial charge in [-0.25, -0.2) is 0 Å². The standard InChI is InChI=1S/C12H14N2O3/c1-17-11(16)12(4-5-12)10(15)14-8-9-2-6-13-7-3-9/h2-3,6-7H,4-5,8H2,1H3,(H,14,15). The number of ether oxygens (including phenoxy) is 1. The van der Waals surface area contributed by atoms with E-state index in [1.54, 1.807) is 12.4 Å². The summed E-state index contributed by atoms with van der Waals surface area (Å²) in [7, 11) is 1.30. The fraction of sp³-hybridized carbons (Fsp3) is 0.417. The van der Waals surface area contributed by atoms with Gasteiger partial charge in [0, 0.05) is 18.9 Å². The number of hydrogen-bond donors (Lipinski definition) is 1. The van der Waals surface area contributed by atoms with Gasteiger partial charge in [-0.3, -0.25) is 14.6 Å². The molecule has 0 aliphatic heterocycles. The average Bonchev–Trinajstić information content (AvgIpc) is 3.17. The topological polar surface area (TPSA) is 68.3 Å². The van der Waals surface area contributed by atoms with Crippen LogP contribution in [0.4, 0.5) is 0 Å². The normalized spacial score (nSPS) is 16.1. The van der Waals surface area contributed by atoms with E-state index >= 15 is 0 Å². The molecule has 1 aromatic rings. The monoisotopic (exact) mass is 234 g/mol. The van der Waals surface area contributed by atoms with Crippen molar-refractivity contribution in [3.63, 3.8) is 0 Å². The first-order valence-electron chi connectivity index (χ1n) is 5.45. The Balaban J connectivity index is 1.92. The second kappa shape index (κ2) is 4.53. The highest BCUT2D eigenvalue weighted by Gasteiger charge is 2.57. The minimum absolute atomic E-state index is 0.249. The molecule has 1 fully saturated rings. The molecule has 2 rings (SSSR count). The molecule has 1 amide bonds. The first-order valence-corrected chi connectivity index (χ1v) is 5.45. The van der Waals surface area contributed by atoms with Gasteiger partial charge in [0.05, 0.1) is 7.11 Å². The van der Waals surface area contributed by atoms with Crippen molar-refractivity contribution in [1.29, 1.82) is 0 Å². The van der Waals surface area contributed by atoms with Crippen molar-refractivity contribution in [3.8, 4) is 0 Å². The predicted octanol–water partition coefficient (Wildman–Crippen LogP) is 0.651. The van der Waals surface area contributed by atoms with Crippen LogP contribution in [0.1, 0.15) is 18.4 Å². The first-order chi connectivity index (χ1) is 8.19. The van der Waals surface area contributed by atoms with Crippen LogP contribution in [0.15, 0.2) is 24.5 Å². The highest BCUT2D eigenvalue weighted by molar-refractivity contribution is 6.05. The number of nitrogens with zero attached hydrogens (tertiary/aromatic N) is 1. The summed E-state index contributed by atoms with van der Waals surface area (Å²) in [5.41, 5.74) is 0.0240. The lowest BCUT2D eigenvalue weighted by Gasteiger charge is -2.12. The van der Waals surface area contributed by atoms with Crippen molar-refractivity contribution in [2.75, 3.05) is 7.11 Å². The van der Waals surface area contributed by atoms with E-state index in [0.717, 1.165) is 5.56 Å². The number of carbonyl (C=O) groups excluding carboxylic acids is 2. The maximum Gasteiger partial charge on any atom is 0.321 e. The number of methoxy groups -OCH3 is 1. The number of carbonyl (C=O) groups is 2. The largest absolute Gasteiger partial charge is 0.468 e. The number of amides is 1. The summed E-state index contributed by atoms with van der Waals surface area (Å²) in [5, 5.41) is 2.75. The van der Waals surface area contributed by atoms with E-state index in [1.165, 1.54) is 7.11 Å². The van der Waals surface area contributed by atoms with Crippen molar-refractivity contribution < 1.29 is 14.3 Å². The third-order valence-electron chi connectivity index (χ3n) is 2.96. The molecule has 90 valence electrons. The highest BCUT2D eigenvalue weighted by Crippen LogP contribution is 2.46. The molecule has 1 heterocycles. The lowest BCUT2D eigenvalue weighted by Crippen LogP contribution is -2.37. The quantitative estimate of drug-likeness (QED) is 0.613. The minimum Gasteiger partial charge on any atom is -0.468 e. The Labute approximate surface area is 99.2 Å². The van der Waals surface area contributed by atoms with E-state index in [1.807, 2.05) is 12.1 Å². The number of pyridine rings is 1. The SMILES string of the molecule is COC(=O)C1(C(=O)NCc2ccncc2)CC1. The zero-order valence-electron chi connectivity index (χ0n) is 9.60. The van der Waals surface area contributed by atoms with Crippen molar-refractivity contribution in [1.82, 2.24) is 10.3 Å². The van der Waals surface area contributed by atoms with Crippen LogP contribution in [0.5, 0.6) is 0 Å². The molecule has 1 aliphatic rings. The Bertz CT molecular complexity index is 427. The molecule has 5 nitrogen and oxygen atoms in total. The second-order valence-corrected chi connectivity index (χ2v) is 4.11. The van der Waals surface area contributed by atoms with Crippen LogP contribution >= 0.6 is 0 Å². The molecule has 1 aromatic heterocycles. The van der Waals surface area contributed by atoms with Crippen LogP contribution in [-0.2, 0) is 20.9 Å². The molecule has 1 aliphatic carbocycles. The Morgan fingerprint density at radius 1 is 1.41 bits per heavy atom. The van der Waals surface area contributed by atoms with E-state index in [4.69, 9.17) is 0 Å². The number of rotatable bonds is 4. The molecule has 1 saturated carbocycles. The lowest BCUT2D eigenvalue weighted by molar-refractivity contribution is -0.152. The van der Waals surface area contributed by atoms with Gasteiger partial charge in [0.15, 0.2) is 0 Å². The maximum absolute atomic E-state index is 11.9. The summed E-state index contributed by atoms with van der Waals surface area (Å²) >= 11 is 0. The summed E-state index contributed by atoms with van der Waals surface area (Å²) in [6.45, 7) is 0.403. The maximum atomic E-state index is 11.9.